The highest BCUT2D eigenvalue weighted by atomic mass is 32.2. The second-order valence-electron chi connectivity index (χ2n) is 7.17. The summed E-state index contributed by atoms with van der Waals surface area (Å²) in [6.07, 6.45) is 3.32. The predicted octanol–water partition coefficient (Wildman–Crippen LogP) is 1.62. The zero-order valence-corrected chi connectivity index (χ0v) is 17.8. The van der Waals surface area contributed by atoms with Crippen LogP contribution in [0, 0.1) is 6.92 Å². The minimum Gasteiger partial charge on any atom is -0.322 e. The van der Waals surface area contributed by atoms with Crippen LogP contribution in [0.25, 0.3) is 5.65 Å². The van der Waals surface area contributed by atoms with Gasteiger partial charge in [0, 0.05) is 44.3 Å². The molecule has 3 heterocycles. The van der Waals surface area contributed by atoms with E-state index in [2.05, 4.69) is 27.2 Å². The van der Waals surface area contributed by atoms with E-state index in [0.29, 0.717) is 48.8 Å². The molecular formula is C20H24N6O3S. The molecule has 1 aliphatic heterocycles. The molecular weight excluding hydrogens is 404 g/mol. The Morgan fingerprint density at radius 3 is 2.67 bits per heavy atom. The third-order valence-corrected chi connectivity index (χ3v) is 7.20. The average molecular weight is 429 g/mol. The normalized spacial score (nSPS) is 16.1. The van der Waals surface area contributed by atoms with Crippen LogP contribution in [0.2, 0.25) is 0 Å². The fourth-order valence-electron chi connectivity index (χ4n) is 3.63. The molecule has 1 fully saturated rings. The van der Waals surface area contributed by atoms with Gasteiger partial charge in [-0.05, 0) is 37.7 Å². The lowest BCUT2D eigenvalue weighted by atomic mass is 10.2. The Kier molecular flexibility index (Phi) is 5.54. The van der Waals surface area contributed by atoms with Crippen LogP contribution in [0.15, 0.2) is 47.6 Å². The van der Waals surface area contributed by atoms with Crippen molar-refractivity contribution >= 4 is 27.3 Å². The number of amides is 1. The summed E-state index contributed by atoms with van der Waals surface area (Å²) in [7, 11) is -3.62. The van der Waals surface area contributed by atoms with Crippen LogP contribution in [-0.2, 0) is 10.0 Å². The summed E-state index contributed by atoms with van der Waals surface area (Å²) >= 11 is 0. The molecule has 10 heteroatoms. The summed E-state index contributed by atoms with van der Waals surface area (Å²) in [5.74, 6) is -0.382. The fourth-order valence-corrected chi connectivity index (χ4v) is 5.09. The summed E-state index contributed by atoms with van der Waals surface area (Å²) in [6.45, 7) is 7.06. The SMILES string of the molecule is CCN1CCN(S(=O)(=O)c2cccc(NC(=O)c3c(C)nn4cccnc34)c2)CC1. The molecule has 0 unspecified atom stereocenters. The van der Waals surface area contributed by atoms with E-state index in [4.69, 9.17) is 0 Å². The molecule has 30 heavy (non-hydrogen) atoms. The molecule has 0 atom stereocenters. The summed E-state index contributed by atoms with van der Waals surface area (Å²) in [5.41, 5.74) is 1.76. The van der Waals surface area contributed by atoms with Crippen molar-refractivity contribution in [1.82, 2.24) is 23.8 Å². The van der Waals surface area contributed by atoms with Crippen LogP contribution in [-0.4, -0.2) is 70.9 Å². The monoisotopic (exact) mass is 428 g/mol. The topological polar surface area (TPSA) is 99.9 Å². The van der Waals surface area contributed by atoms with Gasteiger partial charge in [-0.3, -0.25) is 4.79 Å². The number of carbonyl (C=O) groups is 1. The molecule has 0 aliphatic carbocycles. The number of carbonyl (C=O) groups excluding carboxylic acids is 1. The van der Waals surface area contributed by atoms with Crippen LogP contribution >= 0.6 is 0 Å². The van der Waals surface area contributed by atoms with E-state index in [-0.39, 0.29) is 10.8 Å². The Morgan fingerprint density at radius 2 is 1.93 bits per heavy atom. The van der Waals surface area contributed by atoms with E-state index in [1.807, 2.05) is 0 Å². The number of sulfonamides is 1. The van der Waals surface area contributed by atoms with Gasteiger partial charge < -0.3 is 10.2 Å². The maximum absolute atomic E-state index is 13.0. The number of aromatic nitrogens is 3. The largest absolute Gasteiger partial charge is 0.322 e. The number of rotatable bonds is 5. The first-order valence-electron chi connectivity index (χ1n) is 9.84. The maximum Gasteiger partial charge on any atom is 0.261 e. The highest BCUT2D eigenvalue weighted by Crippen LogP contribution is 2.22. The number of nitrogens with one attached hydrogen (secondary N) is 1. The molecule has 3 aromatic rings. The number of hydrogen-bond donors (Lipinski definition) is 1. The smallest absolute Gasteiger partial charge is 0.261 e. The minimum atomic E-state index is -3.62. The van der Waals surface area contributed by atoms with Crippen LogP contribution in [0.4, 0.5) is 5.69 Å². The molecule has 0 spiro atoms. The van der Waals surface area contributed by atoms with E-state index in [0.717, 1.165) is 6.54 Å². The van der Waals surface area contributed by atoms with E-state index in [1.165, 1.54) is 10.4 Å². The molecule has 4 rings (SSSR count). The van der Waals surface area contributed by atoms with Crippen molar-refractivity contribution in [3.8, 4) is 0 Å². The van der Waals surface area contributed by atoms with Crippen molar-refractivity contribution in [2.45, 2.75) is 18.7 Å². The van der Waals surface area contributed by atoms with Crippen molar-refractivity contribution < 1.29 is 13.2 Å². The zero-order chi connectivity index (χ0) is 21.3. The summed E-state index contributed by atoms with van der Waals surface area (Å²) < 4.78 is 29.1. The Labute approximate surface area is 175 Å². The van der Waals surface area contributed by atoms with E-state index in [9.17, 15) is 13.2 Å². The molecule has 1 aromatic carbocycles. The third kappa shape index (κ3) is 3.81. The van der Waals surface area contributed by atoms with Gasteiger partial charge in [0.05, 0.1) is 10.6 Å². The van der Waals surface area contributed by atoms with Gasteiger partial charge in [0.15, 0.2) is 5.65 Å². The second kappa shape index (κ2) is 8.13. The number of nitrogens with zero attached hydrogens (tertiary/aromatic N) is 5. The van der Waals surface area contributed by atoms with Crippen molar-refractivity contribution in [3.63, 3.8) is 0 Å². The van der Waals surface area contributed by atoms with Crippen molar-refractivity contribution in [3.05, 3.63) is 54.0 Å². The molecule has 1 amide bonds. The average Bonchev–Trinajstić information content (AvgIpc) is 3.09. The van der Waals surface area contributed by atoms with Gasteiger partial charge in [0.1, 0.15) is 5.56 Å². The summed E-state index contributed by atoms with van der Waals surface area (Å²) in [5, 5.41) is 7.08. The van der Waals surface area contributed by atoms with Crippen molar-refractivity contribution in [1.29, 1.82) is 0 Å². The van der Waals surface area contributed by atoms with E-state index >= 15 is 0 Å². The number of likely N-dealkylation sites (N-methyl/N-ethyl adjacent to an activating group) is 1. The fraction of sp³-hybridized carbons (Fsp3) is 0.350. The molecule has 158 valence electrons. The Morgan fingerprint density at radius 1 is 1.17 bits per heavy atom. The number of anilines is 1. The highest BCUT2D eigenvalue weighted by molar-refractivity contribution is 7.89. The summed E-state index contributed by atoms with van der Waals surface area (Å²) in [4.78, 5) is 19.5. The van der Waals surface area contributed by atoms with Gasteiger partial charge in [-0.25, -0.2) is 17.9 Å². The molecule has 2 aromatic heterocycles. The highest BCUT2D eigenvalue weighted by Gasteiger charge is 2.28. The van der Waals surface area contributed by atoms with Crippen LogP contribution in [0.3, 0.4) is 0 Å². The Bertz CT molecular complexity index is 1180. The lowest BCUT2D eigenvalue weighted by Gasteiger charge is -2.33. The first kappa shape index (κ1) is 20.5. The standard InChI is InChI=1S/C20H24N6O3S/c1-3-24-10-12-25(13-11-24)30(28,29)17-7-4-6-16(14-17)22-20(27)18-15(2)23-26-9-5-8-21-19(18)26/h4-9,14H,3,10-13H2,1-2H3,(H,22,27). The quantitative estimate of drug-likeness (QED) is 0.663. The van der Waals surface area contributed by atoms with Gasteiger partial charge in [0.25, 0.3) is 5.91 Å². The maximum atomic E-state index is 13.0. The van der Waals surface area contributed by atoms with Gasteiger partial charge >= 0.3 is 0 Å². The number of piperazine rings is 1. The molecule has 1 saturated heterocycles. The van der Waals surface area contributed by atoms with Gasteiger partial charge in [-0.2, -0.15) is 9.40 Å². The van der Waals surface area contributed by atoms with Crippen LogP contribution in [0.5, 0.6) is 0 Å². The van der Waals surface area contributed by atoms with Crippen LogP contribution in [0.1, 0.15) is 23.0 Å². The first-order valence-corrected chi connectivity index (χ1v) is 11.3. The molecule has 1 N–H and O–H groups in total. The van der Waals surface area contributed by atoms with Gasteiger partial charge in [0.2, 0.25) is 10.0 Å². The molecule has 9 nitrogen and oxygen atoms in total. The first-order chi connectivity index (χ1) is 14.4. The number of hydrogen-bond acceptors (Lipinski definition) is 6. The van der Waals surface area contributed by atoms with Crippen molar-refractivity contribution in [2.24, 2.45) is 0 Å². The number of aryl methyl sites for hydroxylation is 1. The van der Waals surface area contributed by atoms with Gasteiger partial charge in [-0.15, -0.1) is 0 Å². The number of fused-ring (bicyclic) bond motifs is 1. The predicted molar refractivity (Wildman–Crippen MR) is 113 cm³/mol. The lowest BCUT2D eigenvalue weighted by Crippen LogP contribution is -2.48. The zero-order valence-electron chi connectivity index (χ0n) is 16.9. The third-order valence-electron chi connectivity index (χ3n) is 5.31. The lowest BCUT2D eigenvalue weighted by molar-refractivity contribution is 0.102. The van der Waals surface area contributed by atoms with E-state index in [1.54, 1.807) is 48.1 Å². The van der Waals surface area contributed by atoms with E-state index < -0.39 is 10.0 Å². The second-order valence-corrected chi connectivity index (χ2v) is 9.11. The minimum absolute atomic E-state index is 0.167. The molecule has 1 aliphatic rings. The Balaban J connectivity index is 1.56. The van der Waals surface area contributed by atoms with Crippen LogP contribution < -0.4 is 5.32 Å². The Hall–Kier alpha value is -2.82. The molecule has 0 radical (unpaired) electrons. The number of benzene rings is 1. The van der Waals surface area contributed by atoms with Crippen molar-refractivity contribution in [2.75, 3.05) is 38.0 Å². The van der Waals surface area contributed by atoms with Gasteiger partial charge in [-0.1, -0.05) is 13.0 Å². The summed E-state index contributed by atoms with van der Waals surface area (Å²) in [6, 6.07) is 8.08. The molecule has 0 saturated carbocycles. The molecule has 0 bridgehead atoms.